The SMILES string of the molecule is COc1ccc2[nH]c3c(c2c1)C[C@@]1(C)C(=O)N(CCCN2CC=CC2)C(=O)N1C3Cc1cccc(O)c1. The second kappa shape index (κ2) is 8.95. The summed E-state index contributed by atoms with van der Waals surface area (Å²) >= 11 is 0. The Balaban J connectivity index is 1.38. The fourth-order valence-electron chi connectivity index (χ4n) is 6.24. The van der Waals surface area contributed by atoms with Crippen LogP contribution in [0.4, 0.5) is 4.79 Å². The van der Waals surface area contributed by atoms with Crippen LogP contribution in [0, 0.1) is 0 Å². The van der Waals surface area contributed by atoms with Gasteiger partial charge in [-0.15, -0.1) is 0 Å². The van der Waals surface area contributed by atoms with Gasteiger partial charge in [-0.05, 0) is 61.2 Å². The molecule has 1 fully saturated rings. The second-order valence-electron chi connectivity index (χ2n) is 10.5. The van der Waals surface area contributed by atoms with Crippen molar-refractivity contribution < 1.29 is 19.4 Å². The highest BCUT2D eigenvalue weighted by molar-refractivity contribution is 6.08. The van der Waals surface area contributed by atoms with Gasteiger partial charge in [0.2, 0.25) is 0 Å². The summed E-state index contributed by atoms with van der Waals surface area (Å²) in [7, 11) is 1.64. The maximum absolute atomic E-state index is 13.9. The molecule has 4 heterocycles. The van der Waals surface area contributed by atoms with Crippen molar-refractivity contribution in [3.63, 3.8) is 0 Å². The molecule has 0 bridgehead atoms. The molecule has 1 aromatic heterocycles. The first-order valence-electron chi connectivity index (χ1n) is 12.9. The number of urea groups is 1. The average molecular weight is 501 g/mol. The van der Waals surface area contributed by atoms with Crippen molar-refractivity contribution in [2.24, 2.45) is 0 Å². The smallest absolute Gasteiger partial charge is 0.328 e. The summed E-state index contributed by atoms with van der Waals surface area (Å²) in [5, 5.41) is 11.1. The van der Waals surface area contributed by atoms with Crippen molar-refractivity contribution in [1.29, 1.82) is 0 Å². The fourth-order valence-corrected chi connectivity index (χ4v) is 6.24. The van der Waals surface area contributed by atoms with Crippen molar-refractivity contribution in [2.75, 3.05) is 33.3 Å². The van der Waals surface area contributed by atoms with Crippen molar-refractivity contribution in [3.8, 4) is 11.5 Å². The molecule has 8 heteroatoms. The second-order valence-corrected chi connectivity index (χ2v) is 10.5. The molecule has 2 atom stereocenters. The van der Waals surface area contributed by atoms with E-state index in [1.165, 1.54) is 4.90 Å². The van der Waals surface area contributed by atoms with E-state index in [4.69, 9.17) is 4.74 Å². The number of nitrogens with one attached hydrogen (secondary N) is 1. The molecule has 192 valence electrons. The maximum Gasteiger partial charge on any atom is 0.328 e. The number of methoxy groups -OCH3 is 1. The van der Waals surface area contributed by atoms with E-state index in [-0.39, 0.29) is 23.7 Å². The van der Waals surface area contributed by atoms with Crippen molar-refractivity contribution in [1.82, 2.24) is 19.7 Å². The third kappa shape index (κ3) is 3.87. The van der Waals surface area contributed by atoms with Crippen LogP contribution < -0.4 is 4.74 Å². The highest BCUT2D eigenvalue weighted by Crippen LogP contribution is 2.47. The normalized spacial score (nSPS) is 23.2. The van der Waals surface area contributed by atoms with Gasteiger partial charge < -0.3 is 19.7 Å². The molecule has 0 spiro atoms. The van der Waals surface area contributed by atoms with E-state index in [1.54, 1.807) is 30.2 Å². The summed E-state index contributed by atoms with van der Waals surface area (Å²) in [5.74, 6) is 0.790. The molecule has 2 N–H and O–H groups in total. The number of aromatic amines is 1. The monoisotopic (exact) mass is 500 g/mol. The average Bonchev–Trinajstić information content (AvgIpc) is 3.57. The van der Waals surface area contributed by atoms with Crippen molar-refractivity contribution in [3.05, 3.63) is 71.4 Å². The first kappa shape index (κ1) is 23.6. The number of nitrogens with zero attached hydrogens (tertiary/aromatic N) is 3. The lowest BCUT2D eigenvalue weighted by Crippen LogP contribution is -2.53. The third-order valence-corrected chi connectivity index (χ3v) is 8.08. The number of aromatic nitrogens is 1. The molecule has 2 aromatic carbocycles. The summed E-state index contributed by atoms with van der Waals surface area (Å²) in [4.78, 5) is 36.9. The molecule has 3 aliphatic heterocycles. The molecule has 0 radical (unpaired) electrons. The predicted molar refractivity (Wildman–Crippen MR) is 141 cm³/mol. The summed E-state index contributed by atoms with van der Waals surface area (Å²) in [6.07, 6.45) is 5.95. The molecule has 3 aliphatic rings. The zero-order valence-corrected chi connectivity index (χ0v) is 21.2. The largest absolute Gasteiger partial charge is 0.508 e. The van der Waals surface area contributed by atoms with E-state index in [0.717, 1.165) is 59.5 Å². The highest BCUT2D eigenvalue weighted by Gasteiger charge is 2.59. The van der Waals surface area contributed by atoms with Gasteiger partial charge in [0.25, 0.3) is 5.91 Å². The van der Waals surface area contributed by atoms with Crippen molar-refractivity contribution >= 4 is 22.8 Å². The lowest BCUT2D eigenvalue weighted by Gasteiger charge is -2.42. The number of carbonyl (C=O) groups is 2. The lowest BCUT2D eigenvalue weighted by atomic mass is 9.81. The Morgan fingerprint density at radius 1 is 1.11 bits per heavy atom. The number of phenolic OH excluding ortho intramolecular Hbond substituents is 1. The molecule has 0 saturated carbocycles. The van der Waals surface area contributed by atoms with E-state index in [2.05, 4.69) is 22.0 Å². The van der Waals surface area contributed by atoms with Gasteiger partial charge >= 0.3 is 6.03 Å². The Morgan fingerprint density at radius 2 is 1.92 bits per heavy atom. The number of benzene rings is 2. The van der Waals surface area contributed by atoms with Crippen LogP contribution in [0.2, 0.25) is 0 Å². The number of aromatic hydroxyl groups is 1. The van der Waals surface area contributed by atoms with E-state index in [1.807, 2.05) is 31.2 Å². The number of fused-ring (bicyclic) bond motifs is 4. The van der Waals surface area contributed by atoms with Crippen LogP contribution in [0.25, 0.3) is 10.9 Å². The minimum Gasteiger partial charge on any atom is -0.508 e. The number of amides is 3. The number of ether oxygens (including phenoxy) is 1. The van der Waals surface area contributed by atoms with Crippen molar-refractivity contribution in [2.45, 2.75) is 37.8 Å². The number of H-pyrrole nitrogens is 1. The van der Waals surface area contributed by atoms with Gasteiger partial charge in [0.1, 0.15) is 17.0 Å². The lowest BCUT2D eigenvalue weighted by molar-refractivity contribution is -0.133. The summed E-state index contributed by atoms with van der Waals surface area (Å²) in [5.41, 5.74) is 2.85. The van der Waals surface area contributed by atoms with Gasteiger partial charge in [-0.3, -0.25) is 14.6 Å². The van der Waals surface area contributed by atoms with Gasteiger partial charge in [0, 0.05) is 49.2 Å². The van der Waals surface area contributed by atoms with Gasteiger partial charge in [0.15, 0.2) is 0 Å². The number of hydrogen-bond acceptors (Lipinski definition) is 5. The Labute approximate surface area is 216 Å². The Morgan fingerprint density at radius 3 is 2.68 bits per heavy atom. The predicted octanol–water partition coefficient (Wildman–Crippen LogP) is 4.01. The van der Waals surface area contributed by atoms with E-state index < -0.39 is 5.54 Å². The quantitative estimate of drug-likeness (QED) is 0.378. The van der Waals surface area contributed by atoms with Crippen LogP contribution >= 0.6 is 0 Å². The highest BCUT2D eigenvalue weighted by atomic mass is 16.5. The Kier molecular flexibility index (Phi) is 5.71. The topological polar surface area (TPSA) is 89.1 Å². The van der Waals surface area contributed by atoms with Gasteiger partial charge in [0.05, 0.1) is 13.2 Å². The van der Waals surface area contributed by atoms with Crippen LogP contribution in [0.15, 0.2) is 54.6 Å². The molecule has 37 heavy (non-hydrogen) atoms. The molecular formula is C29H32N4O4. The molecule has 3 aromatic rings. The van der Waals surface area contributed by atoms with Crippen LogP contribution in [0.3, 0.4) is 0 Å². The first-order chi connectivity index (χ1) is 17.9. The number of phenols is 1. The summed E-state index contributed by atoms with van der Waals surface area (Å²) in [6.45, 7) is 4.99. The fraction of sp³-hybridized carbons (Fsp3) is 0.379. The van der Waals surface area contributed by atoms with E-state index in [9.17, 15) is 14.7 Å². The zero-order valence-electron chi connectivity index (χ0n) is 21.2. The van der Waals surface area contributed by atoms with Crippen LogP contribution in [0.1, 0.15) is 36.2 Å². The third-order valence-electron chi connectivity index (χ3n) is 8.08. The minimum atomic E-state index is -0.987. The van der Waals surface area contributed by atoms with Gasteiger partial charge in [-0.25, -0.2) is 4.79 Å². The molecule has 6 rings (SSSR count). The van der Waals surface area contributed by atoms with Gasteiger partial charge in [-0.2, -0.15) is 0 Å². The number of carbonyl (C=O) groups excluding carboxylic acids is 2. The molecule has 3 amide bonds. The summed E-state index contributed by atoms with van der Waals surface area (Å²) in [6, 6.07) is 12.4. The molecule has 0 aliphatic carbocycles. The molecule has 8 nitrogen and oxygen atoms in total. The molecule has 1 unspecified atom stereocenters. The first-order valence-corrected chi connectivity index (χ1v) is 12.9. The number of hydrogen-bond donors (Lipinski definition) is 2. The minimum absolute atomic E-state index is 0.138. The van der Waals surface area contributed by atoms with E-state index >= 15 is 0 Å². The van der Waals surface area contributed by atoms with Crippen LogP contribution in [0.5, 0.6) is 11.5 Å². The number of imide groups is 1. The number of rotatable bonds is 7. The molecular weight excluding hydrogens is 468 g/mol. The zero-order chi connectivity index (χ0) is 25.7. The molecule has 1 saturated heterocycles. The van der Waals surface area contributed by atoms with Crippen LogP contribution in [-0.2, 0) is 17.6 Å². The van der Waals surface area contributed by atoms with Gasteiger partial charge in [-0.1, -0.05) is 24.3 Å². The Hall–Kier alpha value is -3.78. The maximum atomic E-state index is 13.9. The Bertz CT molecular complexity index is 1400. The standard InChI is InChI=1S/C29H32N4O4/c1-29-18-23-22-17-21(37-2)9-10-24(22)30-26(23)25(16-19-7-5-8-20(34)15-19)33(29)28(36)32(27(29)35)14-6-13-31-11-3-4-12-31/h3-5,7-10,15,17,25,30,34H,6,11-14,16,18H2,1-2H3/t25?,29-/m0/s1. The summed E-state index contributed by atoms with van der Waals surface area (Å²) < 4.78 is 5.48. The van der Waals surface area contributed by atoms with Crippen LogP contribution in [-0.4, -0.2) is 75.6 Å². The van der Waals surface area contributed by atoms with E-state index in [0.29, 0.717) is 19.4 Å².